The molecule has 0 aromatic heterocycles. The summed E-state index contributed by atoms with van der Waals surface area (Å²) in [6, 6.07) is 12.4. The van der Waals surface area contributed by atoms with Crippen molar-refractivity contribution in [2.45, 2.75) is 25.5 Å². The molecule has 5 heteroatoms. The van der Waals surface area contributed by atoms with Gasteiger partial charge in [0.2, 0.25) is 0 Å². The van der Waals surface area contributed by atoms with Crippen molar-refractivity contribution in [1.29, 1.82) is 0 Å². The van der Waals surface area contributed by atoms with Crippen LogP contribution in [0.5, 0.6) is 11.5 Å². The maximum Gasteiger partial charge on any atom is 0.163 e. The maximum absolute atomic E-state index is 14.2. The number of aliphatic hydroxyl groups excluding tert-OH is 1. The monoisotopic (exact) mass is 333 g/mol. The van der Waals surface area contributed by atoms with E-state index in [-0.39, 0.29) is 11.9 Å². The van der Waals surface area contributed by atoms with Crippen molar-refractivity contribution in [1.82, 2.24) is 5.32 Å². The van der Waals surface area contributed by atoms with Gasteiger partial charge in [0.15, 0.2) is 11.5 Å². The van der Waals surface area contributed by atoms with Crippen LogP contribution in [-0.2, 0) is 6.42 Å². The second kappa shape index (κ2) is 8.66. The fourth-order valence-electron chi connectivity index (χ4n) is 2.58. The molecule has 24 heavy (non-hydrogen) atoms. The molecule has 2 unspecified atom stereocenters. The summed E-state index contributed by atoms with van der Waals surface area (Å²) < 4.78 is 24.5. The fourth-order valence-corrected chi connectivity index (χ4v) is 2.58. The topological polar surface area (TPSA) is 50.7 Å². The third-order valence-corrected chi connectivity index (χ3v) is 3.94. The van der Waals surface area contributed by atoms with Gasteiger partial charge in [0, 0.05) is 24.2 Å². The molecule has 2 aromatic rings. The Morgan fingerprint density at radius 2 is 1.71 bits per heavy atom. The van der Waals surface area contributed by atoms with E-state index in [9.17, 15) is 9.50 Å². The standard InChI is InChI=1S/C19H24FNO3/c1-13(16-10-18(23-2)19(24-3)11-17(16)20)21-12-15(22)9-14-7-5-4-6-8-14/h4-8,10-11,13,15,21-22H,9,12H2,1-3H3. The van der Waals surface area contributed by atoms with Crippen molar-refractivity contribution in [2.24, 2.45) is 0 Å². The van der Waals surface area contributed by atoms with Gasteiger partial charge in [-0.05, 0) is 25.0 Å². The minimum atomic E-state index is -0.543. The average molecular weight is 333 g/mol. The van der Waals surface area contributed by atoms with Crippen LogP contribution in [-0.4, -0.2) is 32.0 Å². The Morgan fingerprint density at radius 3 is 2.33 bits per heavy atom. The highest BCUT2D eigenvalue weighted by molar-refractivity contribution is 5.44. The first-order valence-electron chi connectivity index (χ1n) is 7.92. The number of nitrogens with one attached hydrogen (secondary N) is 1. The molecule has 2 aromatic carbocycles. The molecular weight excluding hydrogens is 309 g/mol. The van der Waals surface area contributed by atoms with Gasteiger partial charge in [-0.15, -0.1) is 0 Å². The largest absolute Gasteiger partial charge is 0.493 e. The Morgan fingerprint density at radius 1 is 1.08 bits per heavy atom. The van der Waals surface area contributed by atoms with Crippen molar-refractivity contribution in [3.63, 3.8) is 0 Å². The first-order chi connectivity index (χ1) is 11.5. The third kappa shape index (κ3) is 4.69. The highest BCUT2D eigenvalue weighted by Crippen LogP contribution is 2.32. The summed E-state index contributed by atoms with van der Waals surface area (Å²) in [5.41, 5.74) is 1.54. The Kier molecular flexibility index (Phi) is 6.58. The molecule has 4 nitrogen and oxygen atoms in total. The lowest BCUT2D eigenvalue weighted by Crippen LogP contribution is -2.30. The van der Waals surface area contributed by atoms with Gasteiger partial charge in [-0.1, -0.05) is 30.3 Å². The Bertz CT molecular complexity index is 649. The third-order valence-electron chi connectivity index (χ3n) is 3.94. The van der Waals surface area contributed by atoms with Crippen molar-refractivity contribution < 1.29 is 19.0 Å². The predicted octanol–water partition coefficient (Wildman–Crippen LogP) is 3.10. The number of halogens is 1. The lowest BCUT2D eigenvalue weighted by Gasteiger charge is -2.19. The van der Waals surface area contributed by atoms with Crippen LogP contribution in [0, 0.1) is 5.82 Å². The molecule has 0 heterocycles. The maximum atomic E-state index is 14.2. The molecule has 0 fully saturated rings. The highest BCUT2D eigenvalue weighted by Gasteiger charge is 2.17. The minimum Gasteiger partial charge on any atom is -0.493 e. The van der Waals surface area contributed by atoms with E-state index in [1.807, 2.05) is 37.3 Å². The number of hydrogen-bond donors (Lipinski definition) is 2. The first-order valence-corrected chi connectivity index (χ1v) is 7.92. The van der Waals surface area contributed by atoms with Gasteiger partial charge in [0.05, 0.1) is 20.3 Å². The molecule has 2 rings (SSSR count). The summed E-state index contributed by atoms with van der Waals surface area (Å²) in [6.45, 7) is 2.21. The molecular formula is C19H24FNO3. The quantitative estimate of drug-likeness (QED) is 0.779. The second-order valence-electron chi connectivity index (χ2n) is 5.70. The summed E-state index contributed by atoms with van der Waals surface area (Å²) in [4.78, 5) is 0. The van der Waals surface area contributed by atoms with Gasteiger partial charge in [0.1, 0.15) is 5.82 Å². The van der Waals surface area contributed by atoms with E-state index >= 15 is 0 Å². The smallest absolute Gasteiger partial charge is 0.163 e. The minimum absolute atomic E-state index is 0.268. The van der Waals surface area contributed by atoms with E-state index in [1.54, 1.807) is 6.07 Å². The zero-order chi connectivity index (χ0) is 17.5. The number of rotatable bonds is 8. The SMILES string of the molecule is COc1cc(F)c(C(C)NCC(O)Cc2ccccc2)cc1OC. The van der Waals surface area contributed by atoms with Crippen LogP contribution in [0.25, 0.3) is 0 Å². The van der Waals surface area contributed by atoms with Gasteiger partial charge >= 0.3 is 0 Å². The van der Waals surface area contributed by atoms with Crippen LogP contribution < -0.4 is 14.8 Å². The number of benzene rings is 2. The van der Waals surface area contributed by atoms with Crippen LogP contribution >= 0.6 is 0 Å². The van der Waals surface area contributed by atoms with Crippen molar-refractivity contribution >= 4 is 0 Å². The Balaban J connectivity index is 1.98. The molecule has 2 N–H and O–H groups in total. The van der Waals surface area contributed by atoms with Gasteiger partial charge < -0.3 is 19.9 Å². The number of aliphatic hydroxyl groups is 1. The molecule has 0 aliphatic heterocycles. The van der Waals surface area contributed by atoms with E-state index in [4.69, 9.17) is 9.47 Å². The van der Waals surface area contributed by atoms with Gasteiger partial charge in [-0.25, -0.2) is 4.39 Å². The van der Waals surface area contributed by atoms with E-state index < -0.39 is 6.10 Å². The zero-order valence-corrected chi connectivity index (χ0v) is 14.3. The van der Waals surface area contributed by atoms with E-state index in [0.717, 1.165) is 5.56 Å². The molecule has 0 bridgehead atoms. The average Bonchev–Trinajstić information content (AvgIpc) is 2.60. The predicted molar refractivity (Wildman–Crippen MR) is 92.1 cm³/mol. The summed E-state index contributed by atoms with van der Waals surface area (Å²) >= 11 is 0. The molecule has 0 amide bonds. The van der Waals surface area contributed by atoms with Gasteiger partial charge in [0.25, 0.3) is 0 Å². The van der Waals surface area contributed by atoms with Crippen LogP contribution in [0.4, 0.5) is 4.39 Å². The molecule has 0 aliphatic rings. The summed E-state index contributed by atoms with van der Waals surface area (Å²) in [6.07, 6.45) is 0.00710. The Hall–Kier alpha value is -2.11. The second-order valence-corrected chi connectivity index (χ2v) is 5.70. The summed E-state index contributed by atoms with van der Waals surface area (Å²) in [5, 5.41) is 13.3. The molecule has 0 saturated carbocycles. The molecule has 2 atom stereocenters. The number of ether oxygens (including phenoxy) is 2. The number of hydrogen-bond acceptors (Lipinski definition) is 4. The van der Waals surface area contributed by atoms with Gasteiger partial charge in [-0.2, -0.15) is 0 Å². The fraction of sp³-hybridized carbons (Fsp3) is 0.368. The lowest BCUT2D eigenvalue weighted by atomic mass is 10.0. The first kappa shape index (κ1) is 18.2. The molecule has 0 saturated heterocycles. The van der Waals surface area contributed by atoms with Crippen LogP contribution in [0.3, 0.4) is 0 Å². The van der Waals surface area contributed by atoms with Crippen LogP contribution in [0.15, 0.2) is 42.5 Å². The lowest BCUT2D eigenvalue weighted by molar-refractivity contribution is 0.168. The Labute approximate surface area is 142 Å². The van der Waals surface area contributed by atoms with E-state index in [1.165, 1.54) is 20.3 Å². The van der Waals surface area contributed by atoms with Crippen molar-refractivity contribution in [3.05, 3.63) is 59.4 Å². The van der Waals surface area contributed by atoms with Gasteiger partial charge in [-0.3, -0.25) is 0 Å². The molecule has 0 spiro atoms. The van der Waals surface area contributed by atoms with E-state index in [2.05, 4.69) is 5.32 Å². The summed E-state index contributed by atoms with van der Waals surface area (Å²) in [7, 11) is 2.99. The normalized spacial score (nSPS) is 13.4. The van der Waals surface area contributed by atoms with E-state index in [0.29, 0.717) is 30.0 Å². The molecule has 0 aliphatic carbocycles. The molecule has 0 radical (unpaired) electrons. The number of methoxy groups -OCH3 is 2. The zero-order valence-electron chi connectivity index (χ0n) is 14.3. The molecule has 130 valence electrons. The summed E-state index contributed by atoms with van der Waals surface area (Å²) in [5.74, 6) is 0.465. The van der Waals surface area contributed by atoms with Crippen LogP contribution in [0.1, 0.15) is 24.1 Å². The van der Waals surface area contributed by atoms with Crippen molar-refractivity contribution in [3.8, 4) is 11.5 Å². The van der Waals surface area contributed by atoms with Crippen LogP contribution in [0.2, 0.25) is 0 Å². The highest BCUT2D eigenvalue weighted by atomic mass is 19.1. The van der Waals surface area contributed by atoms with Crippen molar-refractivity contribution in [2.75, 3.05) is 20.8 Å².